The Bertz CT molecular complexity index is 461. The number of allylic oxidation sites excluding steroid dienone is 1. The molecule has 94 valence electrons. The second kappa shape index (κ2) is 3.94. The highest BCUT2D eigenvalue weighted by Gasteiger charge is 2.58. The van der Waals surface area contributed by atoms with E-state index in [1.807, 2.05) is 0 Å². The van der Waals surface area contributed by atoms with Gasteiger partial charge < -0.3 is 5.32 Å². The molecule has 0 amide bonds. The average Bonchev–Trinajstić information content (AvgIpc) is 3.13. The van der Waals surface area contributed by atoms with Crippen LogP contribution in [-0.4, -0.2) is 29.6 Å². The Hall–Kier alpha value is -1.12. The number of benzene rings is 1. The molecule has 1 aromatic rings. The fourth-order valence-corrected chi connectivity index (χ4v) is 3.82. The van der Waals surface area contributed by atoms with Gasteiger partial charge in [0.05, 0.1) is 5.54 Å². The molecule has 4 rings (SSSR count). The molecule has 2 saturated heterocycles. The van der Waals surface area contributed by atoms with Crippen LogP contribution < -0.4 is 5.32 Å². The van der Waals surface area contributed by atoms with Gasteiger partial charge in [0.15, 0.2) is 0 Å². The van der Waals surface area contributed by atoms with Gasteiger partial charge >= 0.3 is 0 Å². The summed E-state index contributed by atoms with van der Waals surface area (Å²) in [5.41, 5.74) is 1.87. The standard InChI is InChI=1S/C16H20N2/c1-2-6-13(7-3-1)10-18-12-16(11-17-16)14-8-4-5-9-15(14)18/h1-4,6-8,14-15,17H,5,9-12H2/t14-,15+,16+/m0/s1. The van der Waals surface area contributed by atoms with Gasteiger partial charge in [-0.1, -0.05) is 42.5 Å². The lowest BCUT2D eigenvalue weighted by molar-refractivity contribution is 0.215. The third-order valence-corrected chi connectivity index (χ3v) is 4.84. The summed E-state index contributed by atoms with van der Waals surface area (Å²) in [5.74, 6) is 0.745. The summed E-state index contributed by atoms with van der Waals surface area (Å²) in [6.07, 6.45) is 7.44. The van der Waals surface area contributed by atoms with Crippen molar-refractivity contribution in [3.63, 3.8) is 0 Å². The van der Waals surface area contributed by atoms with E-state index in [1.54, 1.807) is 0 Å². The summed E-state index contributed by atoms with van der Waals surface area (Å²) in [5, 5.41) is 3.63. The summed E-state index contributed by atoms with van der Waals surface area (Å²) in [4.78, 5) is 2.70. The van der Waals surface area contributed by atoms with Crippen molar-refractivity contribution in [1.82, 2.24) is 10.2 Å². The molecule has 2 fully saturated rings. The van der Waals surface area contributed by atoms with Crippen molar-refractivity contribution in [2.24, 2.45) is 5.92 Å². The van der Waals surface area contributed by atoms with E-state index in [4.69, 9.17) is 0 Å². The van der Waals surface area contributed by atoms with E-state index in [0.29, 0.717) is 5.54 Å². The quantitative estimate of drug-likeness (QED) is 0.633. The van der Waals surface area contributed by atoms with Crippen molar-refractivity contribution >= 4 is 0 Å². The predicted molar refractivity (Wildman–Crippen MR) is 73.2 cm³/mol. The minimum absolute atomic E-state index is 0.427. The number of hydrogen-bond acceptors (Lipinski definition) is 2. The zero-order valence-electron chi connectivity index (χ0n) is 10.7. The Kier molecular flexibility index (Phi) is 2.36. The summed E-state index contributed by atoms with van der Waals surface area (Å²) in [6, 6.07) is 11.6. The number of hydrogen-bond donors (Lipinski definition) is 1. The molecule has 1 spiro atoms. The molecular formula is C16H20N2. The summed E-state index contributed by atoms with van der Waals surface area (Å²) in [6.45, 7) is 3.55. The topological polar surface area (TPSA) is 25.2 Å². The third-order valence-electron chi connectivity index (χ3n) is 4.84. The lowest BCUT2D eigenvalue weighted by atomic mass is 9.84. The monoisotopic (exact) mass is 240 g/mol. The predicted octanol–water partition coefficient (Wildman–Crippen LogP) is 2.18. The van der Waals surface area contributed by atoms with Gasteiger partial charge in [-0.05, 0) is 18.4 Å². The van der Waals surface area contributed by atoms with Crippen LogP contribution in [0.1, 0.15) is 18.4 Å². The zero-order chi connectivity index (χ0) is 12.0. The molecule has 3 aliphatic rings. The van der Waals surface area contributed by atoms with Crippen LogP contribution >= 0.6 is 0 Å². The van der Waals surface area contributed by atoms with Gasteiger partial charge in [0, 0.05) is 31.6 Å². The minimum Gasteiger partial charge on any atom is -0.306 e. The Balaban J connectivity index is 1.57. The van der Waals surface area contributed by atoms with E-state index in [1.165, 1.54) is 31.5 Å². The van der Waals surface area contributed by atoms with Crippen LogP contribution in [0.3, 0.4) is 0 Å². The highest BCUT2D eigenvalue weighted by atomic mass is 15.3. The van der Waals surface area contributed by atoms with Crippen LogP contribution in [0.5, 0.6) is 0 Å². The van der Waals surface area contributed by atoms with E-state index in [0.717, 1.165) is 18.5 Å². The highest BCUT2D eigenvalue weighted by molar-refractivity contribution is 5.26. The van der Waals surface area contributed by atoms with Gasteiger partial charge in [-0.15, -0.1) is 0 Å². The molecule has 0 bridgehead atoms. The number of nitrogens with one attached hydrogen (secondary N) is 1. The van der Waals surface area contributed by atoms with Crippen molar-refractivity contribution in [2.45, 2.75) is 31.0 Å². The maximum absolute atomic E-state index is 3.63. The molecule has 18 heavy (non-hydrogen) atoms. The molecule has 1 aromatic carbocycles. The molecule has 1 aliphatic carbocycles. The number of fused-ring (bicyclic) bond motifs is 2. The van der Waals surface area contributed by atoms with Crippen molar-refractivity contribution in [3.8, 4) is 0 Å². The molecule has 2 aliphatic heterocycles. The first-order chi connectivity index (χ1) is 8.87. The molecule has 2 heteroatoms. The molecule has 2 nitrogen and oxygen atoms in total. The number of likely N-dealkylation sites (tertiary alicyclic amines) is 1. The summed E-state index contributed by atoms with van der Waals surface area (Å²) in [7, 11) is 0. The van der Waals surface area contributed by atoms with Gasteiger partial charge in [0.1, 0.15) is 0 Å². The van der Waals surface area contributed by atoms with Gasteiger partial charge in [0.25, 0.3) is 0 Å². The molecule has 0 radical (unpaired) electrons. The van der Waals surface area contributed by atoms with Crippen molar-refractivity contribution in [2.75, 3.05) is 13.1 Å². The van der Waals surface area contributed by atoms with Crippen LogP contribution in [0.15, 0.2) is 42.5 Å². The van der Waals surface area contributed by atoms with Crippen molar-refractivity contribution < 1.29 is 0 Å². The molecule has 0 aromatic heterocycles. The second-order valence-electron chi connectivity index (χ2n) is 6.00. The summed E-state index contributed by atoms with van der Waals surface area (Å²) < 4.78 is 0. The van der Waals surface area contributed by atoms with E-state index < -0.39 is 0 Å². The van der Waals surface area contributed by atoms with E-state index in [-0.39, 0.29) is 0 Å². The van der Waals surface area contributed by atoms with E-state index >= 15 is 0 Å². The van der Waals surface area contributed by atoms with Crippen LogP contribution in [-0.2, 0) is 6.54 Å². The third kappa shape index (κ3) is 1.63. The Labute approximate surface area is 109 Å². The molecular weight excluding hydrogens is 220 g/mol. The maximum Gasteiger partial charge on any atom is 0.0514 e. The van der Waals surface area contributed by atoms with Gasteiger partial charge in [-0.3, -0.25) is 4.90 Å². The molecule has 0 unspecified atom stereocenters. The Morgan fingerprint density at radius 3 is 2.89 bits per heavy atom. The molecule has 2 heterocycles. The smallest absolute Gasteiger partial charge is 0.0514 e. The lowest BCUT2D eigenvalue weighted by Gasteiger charge is -2.29. The number of nitrogens with zero attached hydrogens (tertiary/aromatic N) is 1. The van der Waals surface area contributed by atoms with Crippen molar-refractivity contribution in [1.29, 1.82) is 0 Å². The van der Waals surface area contributed by atoms with Crippen LogP contribution in [0.4, 0.5) is 0 Å². The Morgan fingerprint density at radius 1 is 1.28 bits per heavy atom. The second-order valence-corrected chi connectivity index (χ2v) is 6.00. The minimum atomic E-state index is 0.427. The van der Waals surface area contributed by atoms with Crippen molar-refractivity contribution in [3.05, 3.63) is 48.0 Å². The van der Waals surface area contributed by atoms with Crippen LogP contribution in [0.25, 0.3) is 0 Å². The van der Waals surface area contributed by atoms with E-state index in [2.05, 4.69) is 52.7 Å². The molecule has 3 atom stereocenters. The first-order valence-electron chi connectivity index (χ1n) is 7.07. The van der Waals surface area contributed by atoms with Gasteiger partial charge in [-0.2, -0.15) is 0 Å². The van der Waals surface area contributed by atoms with Gasteiger partial charge in [0.2, 0.25) is 0 Å². The SMILES string of the molecule is C1=C[C@H]2[C@@H](CC1)N(Cc1ccccc1)C[C@]21CN1. The largest absolute Gasteiger partial charge is 0.306 e. The normalized spacial score (nSPS) is 38.0. The zero-order valence-corrected chi connectivity index (χ0v) is 10.7. The molecule has 1 N–H and O–H groups in total. The fraction of sp³-hybridized carbons (Fsp3) is 0.500. The maximum atomic E-state index is 3.63. The van der Waals surface area contributed by atoms with Crippen LogP contribution in [0.2, 0.25) is 0 Å². The van der Waals surface area contributed by atoms with Gasteiger partial charge in [-0.25, -0.2) is 0 Å². The summed E-state index contributed by atoms with van der Waals surface area (Å²) >= 11 is 0. The fourth-order valence-electron chi connectivity index (χ4n) is 3.82. The molecule has 0 saturated carbocycles. The number of rotatable bonds is 2. The van der Waals surface area contributed by atoms with E-state index in [9.17, 15) is 0 Å². The lowest BCUT2D eigenvalue weighted by Crippen LogP contribution is -2.33. The first-order valence-corrected chi connectivity index (χ1v) is 7.07. The Morgan fingerprint density at radius 2 is 2.11 bits per heavy atom. The highest BCUT2D eigenvalue weighted by Crippen LogP contribution is 2.44. The van der Waals surface area contributed by atoms with Crippen LogP contribution in [0, 0.1) is 5.92 Å². The average molecular weight is 240 g/mol. The first kappa shape index (κ1) is 10.8.